The zero-order valence-electron chi connectivity index (χ0n) is 14.0. The van der Waals surface area contributed by atoms with Gasteiger partial charge in [0.05, 0.1) is 12.5 Å². The molecule has 1 N–H and O–H groups in total. The van der Waals surface area contributed by atoms with Gasteiger partial charge in [-0.05, 0) is 61.9 Å². The largest absolute Gasteiger partial charge is 0.493 e. The maximum atomic E-state index is 11.6. The SMILES string of the molecule is Cc1ccccc1C(CCCOc1cccc(C)c1C)C(=O)O. The number of aryl methyl sites for hydroxylation is 2. The standard InChI is InChI=1S/C20H24O3/c1-14-9-6-12-19(16(14)3)23-13-7-11-18(20(21)22)17-10-5-4-8-15(17)2/h4-6,8-10,12,18H,7,11,13H2,1-3H3,(H,21,22). The summed E-state index contributed by atoms with van der Waals surface area (Å²) < 4.78 is 5.82. The van der Waals surface area contributed by atoms with Crippen LogP contribution in [0.4, 0.5) is 0 Å². The molecular formula is C20H24O3. The summed E-state index contributed by atoms with van der Waals surface area (Å²) in [7, 11) is 0. The molecule has 0 amide bonds. The molecule has 2 aromatic rings. The summed E-state index contributed by atoms with van der Waals surface area (Å²) in [5, 5.41) is 9.51. The fourth-order valence-corrected chi connectivity index (χ4v) is 2.74. The van der Waals surface area contributed by atoms with Crippen molar-refractivity contribution in [1.29, 1.82) is 0 Å². The molecule has 2 aromatic carbocycles. The lowest BCUT2D eigenvalue weighted by molar-refractivity contribution is -0.139. The van der Waals surface area contributed by atoms with Crippen LogP contribution in [-0.2, 0) is 4.79 Å². The Bertz CT molecular complexity index is 676. The molecule has 0 heterocycles. The normalized spacial score (nSPS) is 12.0. The fraction of sp³-hybridized carbons (Fsp3) is 0.350. The lowest BCUT2D eigenvalue weighted by Gasteiger charge is -2.16. The van der Waals surface area contributed by atoms with Crippen molar-refractivity contribution in [3.05, 3.63) is 64.7 Å². The highest BCUT2D eigenvalue weighted by molar-refractivity contribution is 5.76. The second-order valence-electron chi connectivity index (χ2n) is 5.94. The van der Waals surface area contributed by atoms with E-state index in [1.807, 2.05) is 50.2 Å². The summed E-state index contributed by atoms with van der Waals surface area (Å²) in [5.74, 6) is -0.364. The van der Waals surface area contributed by atoms with Crippen LogP contribution in [0.3, 0.4) is 0 Å². The van der Waals surface area contributed by atoms with Crippen molar-refractivity contribution < 1.29 is 14.6 Å². The quantitative estimate of drug-likeness (QED) is 0.758. The van der Waals surface area contributed by atoms with E-state index in [9.17, 15) is 9.90 Å². The Morgan fingerprint density at radius 1 is 1.04 bits per heavy atom. The molecule has 0 bridgehead atoms. The van der Waals surface area contributed by atoms with Crippen molar-refractivity contribution in [3.8, 4) is 5.75 Å². The summed E-state index contributed by atoms with van der Waals surface area (Å²) >= 11 is 0. The third-order valence-electron chi connectivity index (χ3n) is 4.31. The zero-order valence-corrected chi connectivity index (χ0v) is 14.0. The Labute approximate surface area is 137 Å². The van der Waals surface area contributed by atoms with Gasteiger partial charge in [0.2, 0.25) is 0 Å². The minimum atomic E-state index is -0.772. The van der Waals surface area contributed by atoms with Crippen LogP contribution in [0.15, 0.2) is 42.5 Å². The van der Waals surface area contributed by atoms with Crippen LogP contribution in [0.5, 0.6) is 5.75 Å². The lowest BCUT2D eigenvalue weighted by atomic mass is 9.91. The molecule has 0 aromatic heterocycles. The highest BCUT2D eigenvalue weighted by Gasteiger charge is 2.20. The number of hydrogen-bond acceptors (Lipinski definition) is 2. The molecule has 0 spiro atoms. The Morgan fingerprint density at radius 2 is 1.74 bits per heavy atom. The van der Waals surface area contributed by atoms with Gasteiger partial charge in [-0.3, -0.25) is 4.79 Å². The Balaban J connectivity index is 1.94. The smallest absolute Gasteiger partial charge is 0.310 e. The monoisotopic (exact) mass is 312 g/mol. The first-order valence-corrected chi connectivity index (χ1v) is 7.98. The molecule has 3 nitrogen and oxygen atoms in total. The molecule has 0 saturated carbocycles. The van der Waals surface area contributed by atoms with Crippen molar-refractivity contribution in [3.63, 3.8) is 0 Å². The van der Waals surface area contributed by atoms with E-state index in [4.69, 9.17) is 4.74 Å². The molecule has 0 aliphatic carbocycles. The lowest BCUT2D eigenvalue weighted by Crippen LogP contribution is -2.14. The maximum absolute atomic E-state index is 11.6. The molecule has 0 saturated heterocycles. The van der Waals surface area contributed by atoms with Crippen molar-refractivity contribution in [2.75, 3.05) is 6.61 Å². The summed E-state index contributed by atoms with van der Waals surface area (Å²) in [6.45, 7) is 6.58. The van der Waals surface area contributed by atoms with E-state index >= 15 is 0 Å². The highest BCUT2D eigenvalue weighted by atomic mass is 16.5. The predicted molar refractivity (Wildman–Crippen MR) is 92.2 cm³/mol. The highest BCUT2D eigenvalue weighted by Crippen LogP contribution is 2.25. The summed E-state index contributed by atoms with van der Waals surface area (Å²) in [6.07, 6.45) is 1.28. The van der Waals surface area contributed by atoms with Gasteiger partial charge in [-0.1, -0.05) is 36.4 Å². The minimum absolute atomic E-state index is 0.474. The first-order valence-electron chi connectivity index (χ1n) is 7.98. The van der Waals surface area contributed by atoms with Gasteiger partial charge in [0.15, 0.2) is 0 Å². The van der Waals surface area contributed by atoms with Gasteiger partial charge in [-0.2, -0.15) is 0 Å². The molecule has 0 radical (unpaired) electrons. The second-order valence-corrected chi connectivity index (χ2v) is 5.94. The number of carboxylic acid groups (broad SMARTS) is 1. The molecule has 1 atom stereocenters. The topological polar surface area (TPSA) is 46.5 Å². The summed E-state index contributed by atoms with van der Waals surface area (Å²) in [5.41, 5.74) is 4.26. The van der Waals surface area contributed by atoms with Crippen LogP contribution < -0.4 is 4.74 Å². The molecule has 122 valence electrons. The van der Waals surface area contributed by atoms with Crippen LogP contribution >= 0.6 is 0 Å². The molecule has 23 heavy (non-hydrogen) atoms. The Morgan fingerprint density at radius 3 is 2.43 bits per heavy atom. The van der Waals surface area contributed by atoms with E-state index in [0.29, 0.717) is 19.4 Å². The minimum Gasteiger partial charge on any atom is -0.493 e. The van der Waals surface area contributed by atoms with Crippen LogP contribution in [0.2, 0.25) is 0 Å². The van der Waals surface area contributed by atoms with Gasteiger partial charge >= 0.3 is 5.97 Å². The van der Waals surface area contributed by atoms with Crippen molar-refractivity contribution >= 4 is 5.97 Å². The molecule has 2 rings (SSSR count). The van der Waals surface area contributed by atoms with E-state index in [-0.39, 0.29) is 0 Å². The molecular weight excluding hydrogens is 288 g/mol. The molecule has 0 fully saturated rings. The number of carboxylic acids is 1. The van der Waals surface area contributed by atoms with Crippen molar-refractivity contribution in [1.82, 2.24) is 0 Å². The van der Waals surface area contributed by atoms with E-state index in [0.717, 1.165) is 22.4 Å². The first kappa shape index (κ1) is 17.1. The second kappa shape index (κ2) is 7.82. The average Bonchev–Trinajstić information content (AvgIpc) is 2.52. The number of ether oxygens (including phenoxy) is 1. The predicted octanol–water partition coefficient (Wildman–Crippen LogP) is 4.64. The third-order valence-corrected chi connectivity index (χ3v) is 4.31. The number of benzene rings is 2. The van der Waals surface area contributed by atoms with Crippen LogP contribution in [-0.4, -0.2) is 17.7 Å². The number of rotatable bonds is 7. The molecule has 1 unspecified atom stereocenters. The van der Waals surface area contributed by atoms with E-state index in [2.05, 4.69) is 13.0 Å². The van der Waals surface area contributed by atoms with E-state index in [1.54, 1.807) is 0 Å². The molecule has 3 heteroatoms. The van der Waals surface area contributed by atoms with E-state index < -0.39 is 11.9 Å². The molecule has 0 aliphatic rings. The van der Waals surface area contributed by atoms with Gasteiger partial charge in [-0.25, -0.2) is 0 Å². The van der Waals surface area contributed by atoms with Crippen LogP contribution in [0.25, 0.3) is 0 Å². The Kier molecular flexibility index (Phi) is 5.80. The van der Waals surface area contributed by atoms with Gasteiger partial charge in [0, 0.05) is 0 Å². The first-order chi connectivity index (χ1) is 11.0. The average molecular weight is 312 g/mol. The van der Waals surface area contributed by atoms with Crippen LogP contribution in [0, 0.1) is 20.8 Å². The summed E-state index contributed by atoms with van der Waals surface area (Å²) in [6, 6.07) is 13.7. The fourth-order valence-electron chi connectivity index (χ4n) is 2.74. The molecule has 0 aliphatic heterocycles. The van der Waals surface area contributed by atoms with Gasteiger partial charge in [0.25, 0.3) is 0 Å². The van der Waals surface area contributed by atoms with Gasteiger partial charge < -0.3 is 9.84 Å². The number of hydrogen-bond donors (Lipinski definition) is 1. The van der Waals surface area contributed by atoms with E-state index in [1.165, 1.54) is 5.56 Å². The van der Waals surface area contributed by atoms with Crippen molar-refractivity contribution in [2.24, 2.45) is 0 Å². The summed E-state index contributed by atoms with van der Waals surface area (Å²) in [4.78, 5) is 11.6. The number of carbonyl (C=O) groups is 1. The van der Waals surface area contributed by atoms with Gasteiger partial charge in [-0.15, -0.1) is 0 Å². The van der Waals surface area contributed by atoms with Crippen LogP contribution in [0.1, 0.15) is 41.0 Å². The maximum Gasteiger partial charge on any atom is 0.310 e. The number of aliphatic carboxylic acids is 1. The third kappa shape index (κ3) is 4.35. The Hall–Kier alpha value is -2.29. The zero-order chi connectivity index (χ0) is 16.8. The van der Waals surface area contributed by atoms with Crippen molar-refractivity contribution in [2.45, 2.75) is 39.5 Å². The van der Waals surface area contributed by atoms with Gasteiger partial charge in [0.1, 0.15) is 5.75 Å².